The minimum atomic E-state index is -0.889. The van der Waals surface area contributed by atoms with E-state index in [1.165, 1.54) is 0 Å². The van der Waals surface area contributed by atoms with Gasteiger partial charge in [-0.1, -0.05) is 0 Å². The van der Waals surface area contributed by atoms with Gasteiger partial charge in [0.05, 0.1) is 12.7 Å². The van der Waals surface area contributed by atoms with E-state index in [4.69, 9.17) is 4.74 Å². The van der Waals surface area contributed by atoms with Crippen molar-refractivity contribution in [2.24, 2.45) is 0 Å². The molecule has 1 rings (SSSR count). The second-order valence-electron chi connectivity index (χ2n) is 3.87. The summed E-state index contributed by atoms with van der Waals surface area (Å²) in [7, 11) is 0. The Morgan fingerprint density at radius 3 is 2.33 bits per heavy atom. The summed E-state index contributed by atoms with van der Waals surface area (Å²) in [4.78, 5) is 22.4. The van der Waals surface area contributed by atoms with Crippen LogP contribution in [0.25, 0.3) is 0 Å². The Bertz CT molecular complexity index is 412. The molecule has 0 bridgehead atoms. The first-order valence-corrected chi connectivity index (χ1v) is 5.77. The quantitative estimate of drug-likeness (QED) is 0.656. The van der Waals surface area contributed by atoms with Crippen LogP contribution in [0.3, 0.4) is 0 Å². The molecule has 1 N–H and O–H groups in total. The Hall–Kier alpha value is -2.04. The normalized spacial score (nSPS) is 10.0. The Morgan fingerprint density at radius 1 is 1.22 bits per heavy atom. The van der Waals surface area contributed by atoms with Gasteiger partial charge in [0.2, 0.25) is 0 Å². The molecular formula is C13H17NO4. The fourth-order valence-electron chi connectivity index (χ4n) is 1.27. The molecule has 0 atom stereocenters. The highest BCUT2D eigenvalue weighted by atomic mass is 16.5. The molecule has 0 aromatic heterocycles. The first-order chi connectivity index (χ1) is 8.52. The average Bonchev–Trinajstić information content (AvgIpc) is 2.31. The number of hydrogen-bond donors (Lipinski definition) is 1. The fraction of sp³-hybridized carbons (Fsp3) is 0.385. The zero-order valence-corrected chi connectivity index (χ0v) is 10.7. The predicted octanol–water partition coefficient (Wildman–Crippen LogP) is 1.98. The van der Waals surface area contributed by atoms with Gasteiger partial charge in [0.25, 0.3) is 0 Å². The van der Waals surface area contributed by atoms with Crippen molar-refractivity contribution in [3.63, 3.8) is 0 Å². The number of rotatable bonds is 4. The first-order valence-electron chi connectivity index (χ1n) is 5.77. The summed E-state index contributed by atoms with van der Waals surface area (Å²) in [5, 5.41) is 2.44. The van der Waals surface area contributed by atoms with Gasteiger partial charge in [0.1, 0.15) is 5.75 Å². The van der Waals surface area contributed by atoms with E-state index in [-0.39, 0.29) is 12.7 Å². The van der Waals surface area contributed by atoms with E-state index >= 15 is 0 Å². The molecular weight excluding hydrogens is 234 g/mol. The van der Waals surface area contributed by atoms with Crippen molar-refractivity contribution in [3.8, 4) is 5.75 Å². The summed E-state index contributed by atoms with van der Waals surface area (Å²) < 4.78 is 10.0. The van der Waals surface area contributed by atoms with Crippen molar-refractivity contribution < 1.29 is 19.1 Å². The molecule has 98 valence electrons. The third-order valence-corrected chi connectivity index (χ3v) is 1.94. The lowest BCUT2D eigenvalue weighted by atomic mass is 10.3. The van der Waals surface area contributed by atoms with E-state index in [9.17, 15) is 9.59 Å². The van der Waals surface area contributed by atoms with Gasteiger partial charge >= 0.3 is 11.9 Å². The Balaban J connectivity index is 2.58. The molecule has 0 unspecified atom stereocenters. The predicted molar refractivity (Wildman–Crippen MR) is 67.5 cm³/mol. The van der Waals surface area contributed by atoms with E-state index in [2.05, 4.69) is 10.1 Å². The number of amides is 1. The van der Waals surface area contributed by atoms with Gasteiger partial charge in [-0.2, -0.15) is 0 Å². The summed E-state index contributed by atoms with van der Waals surface area (Å²) in [6.45, 7) is 5.67. The largest absolute Gasteiger partial charge is 0.491 e. The van der Waals surface area contributed by atoms with Gasteiger partial charge in [0, 0.05) is 5.69 Å². The highest BCUT2D eigenvalue weighted by Gasteiger charge is 2.14. The lowest BCUT2D eigenvalue weighted by molar-refractivity contribution is -0.152. The zero-order chi connectivity index (χ0) is 13.5. The number of benzene rings is 1. The van der Waals surface area contributed by atoms with Crippen molar-refractivity contribution in [3.05, 3.63) is 24.3 Å². The van der Waals surface area contributed by atoms with E-state index in [0.717, 1.165) is 0 Å². The van der Waals surface area contributed by atoms with E-state index in [1.54, 1.807) is 31.2 Å². The van der Waals surface area contributed by atoms with Crippen molar-refractivity contribution in [2.75, 3.05) is 11.9 Å². The number of carbonyl (C=O) groups excluding carboxylic acids is 2. The van der Waals surface area contributed by atoms with Gasteiger partial charge in [-0.05, 0) is 45.0 Å². The number of hydrogen-bond acceptors (Lipinski definition) is 4. The van der Waals surface area contributed by atoms with E-state index in [1.807, 2.05) is 13.8 Å². The number of carbonyl (C=O) groups is 2. The molecule has 0 aliphatic heterocycles. The third-order valence-electron chi connectivity index (χ3n) is 1.94. The molecule has 0 heterocycles. The molecule has 0 aliphatic rings. The molecule has 18 heavy (non-hydrogen) atoms. The molecule has 0 aliphatic carbocycles. The second kappa shape index (κ2) is 6.64. The Kier molecular flexibility index (Phi) is 5.17. The number of esters is 1. The van der Waals surface area contributed by atoms with Crippen molar-refractivity contribution >= 4 is 17.6 Å². The molecule has 1 aromatic carbocycles. The van der Waals surface area contributed by atoms with Crippen LogP contribution in [-0.4, -0.2) is 24.6 Å². The van der Waals surface area contributed by atoms with Crippen LogP contribution in [0.5, 0.6) is 5.75 Å². The van der Waals surface area contributed by atoms with Gasteiger partial charge in [-0.25, -0.2) is 4.79 Å². The smallest absolute Gasteiger partial charge is 0.397 e. The van der Waals surface area contributed by atoms with Gasteiger partial charge in [-0.3, -0.25) is 4.79 Å². The zero-order valence-electron chi connectivity index (χ0n) is 10.7. The van der Waals surface area contributed by atoms with Crippen molar-refractivity contribution in [1.82, 2.24) is 0 Å². The highest BCUT2D eigenvalue weighted by Crippen LogP contribution is 2.16. The molecule has 0 saturated heterocycles. The van der Waals surface area contributed by atoms with Crippen LogP contribution in [0.4, 0.5) is 5.69 Å². The average molecular weight is 251 g/mol. The van der Waals surface area contributed by atoms with Gasteiger partial charge in [-0.15, -0.1) is 0 Å². The SMILES string of the molecule is CCOC(=O)C(=O)Nc1ccc(OC(C)C)cc1. The maximum absolute atomic E-state index is 11.3. The van der Waals surface area contributed by atoms with Crippen LogP contribution < -0.4 is 10.1 Å². The second-order valence-corrected chi connectivity index (χ2v) is 3.87. The maximum atomic E-state index is 11.3. The molecule has 1 aromatic rings. The number of anilines is 1. The Labute approximate surface area is 106 Å². The lowest BCUT2D eigenvalue weighted by Gasteiger charge is -2.10. The van der Waals surface area contributed by atoms with E-state index in [0.29, 0.717) is 11.4 Å². The number of ether oxygens (including phenoxy) is 2. The molecule has 0 fully saturated rings. The summed E-state index contributed by atoms with van der Waals surface area (Å²) in [5.74, 6) is -0.964. The van der Waals surface area contributed by atoms with Crippen LogP contribution in [0, 0.1) is 0 Å². The minimum Gasteiger partial charge on any atom is -0.491 e. The summed E-state index contributed by atoms with van der Waals surface area (Å²) in [5.41, 5.74) is 0.518. The molecule has 5 nitrogen and oxygen atoms in total. The molecule has 0 radical (unpaired) electrons. The van der Waals surface area contributed by atoms with Crippen molar-refractivity contribution in [2.45, 2.75) is 26.9 Å². The van der Waals surface area contributed by atoms with Crippen LogP contribution in [-0.2, 0) is 14.3 Å². The molecule has 1 amide bonds. The summed E-state index contributed by atoms with van der Waals surface area (Å²) >= 11 is 0. The molecule has 0 saturated carbocycles. The Morgan fingerprint density at radius 2 is 1.83 bits per heavy atom. The third kappa shape index (κ3) is 4.45. The summed E-state index contributed by atoms with van der Waals surface area (Å²) in [6.07, 6.45) is 0.0879. The van der Waals surface area contributed by atoms with Gasteiger partial charge in [0.15, 0.2) is 0 Å². The van der Waals surface area contributed by atoms with Crippen LogP contribution in [0.15, 0.2) is 24.3 Å². The van der Waals surface area contributed by atoms with Crippen LogP contribution in [0.2, 0.25) is 0 Å². The summed E-state index contributed by atoms with van der Waals surface area (Å²) in [6, 6.07) is 6.77. The molecule has 0 spiro atoms. The first kappa shape index (κ1) is 14.0. The number of nitrogens with one attached hydrogen (secondary N) is 1. The lowest BCUT2D eigenvalue weighted by Crippen LogP contribution is -2.24. The maximum Gasteiger partial charge on any atom is 0.397 e. The topological polar surface area (TPSA) is 64.6 Å². The van der Waals surface area contributed by atoms with Gasteiger partial charge < -0.3 is 14.8 Å². The highest BCUT2D eigenvalue weighted by molar-refractivity contribution is 6.37. The van der Waals surface area contributed by atoms with Crippen LogP contribution in [0.1, 0.15) is 20.8 Å². The molecule has 5 heteroatoms. The minimum absolute atomic E-state index is 0.0879. The standard InChI is InChI=1S/C13H17NO4/c1-4-17-13(16)12(15)14-10-5-7-11(8-6-10)18-9(2)3/h5-9H,4H2,1-3H3,(H,14,15). The van der Waals surface area contributed by atoms with E-state index < -0.39 is 11.9 Å². The van der Waals surface area contributed by atoms with Crippen molar-refractivity contribution in [1.29, 1.82) is 0 Å². The van der Waals surface area contributed by atoms with Crippen LogP contribution >= 0.6 is 0 Å². The fourth-order valence-corrected chi connectivity index (χ4v) is 1.27. The monoisotopic (exact) mass is 251 g/mol.